The second-order valence-electron chi connectivity index (χ2n) is 4.32. The first kappa shape index (κ1) is 15.0. The van der Waals surface area contributed by atoms with Gasteiger partial charge in [0.15, 0.2) is 0 Å². The number of hydrogen-bond donors (Lipinski definition) is 1. The van der Waals surface area contributed by atoms with Crippen molar-refractivity contribution >= 4 is 9.84 Å². The Balaban J connectivity index is 2.71. The quantitative estimate of drug-likeness (QED) is 0.865. The summed E-state index contributed by atoms with van der Waals surface area (Å²) in [5.74, 6) is -1.19. The maximum atomic E-state index is 13.1. The Morgan fingerprint density at radius 3 is 2.22 bits per heavy atom. The summed E-state index contributed by atoms with van der Waals surface area (Å²) in [7, 11) is -1.33. The summed E-state index contributed by atoms with van der Waals surface area (Å²) in [5.41, 5.74) is 0.489. The number of hydrogen-bond acceptors (Lipinski definition) is 3. The fourth-order valence-electron chi connectivity index (χ4n) is 1.80. The van der Waals surface area contributed by atoms with E-state index in [0.29, 0.717) is 18.4 Å². The zero-order valence-corrected chi connectivity index (χ0v) is 11.2. The smallest absolute Gasteiger partial charge is 0.147 e. The lowest BCUT2D eigenvalue weighted by Crippen LogP contribution is -2.18. The average Bonchev–Trinajstić information content (AvgIpc) is 2.21. The third-order valence-corrected chi connectivity index (χ3v) is 3.67. The molecule has 0 aliphatic carbocycles. The molecule has 0 bridgehead atoms. The van der Waals surface area contributed by atoms with Gasteiger partial charge >= 0.3 is 0 Å². The Morgan fingerprint density at radius 2 is 1.78 bits per heavy atom. The summed E-state index contributed by atoms with van der Waals surface area (Å²) >= 11 is 0. The number of rotatable bonds is 6. The zero-order chi connectivity index (χ0) is 13.8. The van der Waals surface area contributed by atoms with E-state index in [9.17, 15) is 17.2 Å². The molecule has 102 valence electrons. The van der Waals surface area contributed by atoms with Crippen LogP contribution in [-0.4, -0.2) is 27.5 Å². The van der Waals surface area contributed by atoms with Crippen molar-refractivity contribution in [3.05, 3.63) is 35.4 Å². The Bertz CT molecular complexity index is 483. The lowest BCUT2D eigenvalue weighted by Gasteiger charge is -2.16. The first-order valence-electron chi connectivity index (χ1n) is 5.63. The largest absolute Gasteiger partial charge is 0.313 e. The van der Waals surface area contributed by atoms with Crippen molar-refractivity contribution in [1.29, 1.82) is 0 Å². The molecule has 0 saturated heterocycles. The Kier molecular flexibility index (Phi) is 5.22. The monoisotopic (exact) mass is 277 g/mol. The van der Waals surface area contributed by atoms with Gasteiger partial charge in [-0.15, -0.1) is 0 Å². The molecule has 0 heterocycles. The van der Waals surface area contributed by atoms with Crippen molar-refractivity contribution in [2.75, 3.05) is 19.1 Å². The molecule has 3 nitrogen and oxygen atoms in total. The molecule has 1 unspecified atom stereocenters. The van der Waals surface area contributed by atoms with Gasteiger partial charge in [0.05, 0.1) is 0 Å². The predicted octanol–water partition coefficient (Wildman–Crippen LogP) is 2.05. The van der Waals surface area contributed by atoms with Gasteiger partial charge in [0.2, 0.25) is 0 Å². The number of nitrogens with one attached hydrogen (secondary N) is 1. The summed E-state index contributed by atoms with van der Waals surface area (Å²) in [5, 5.41) is 2.93. The highest BCUT2D eigenvalue weighted by Gasteiger charge is 2.13. The summed E-state index contributed by atoms with van der Waals surface area (Å²) in [6.45, 7) is 0. The highest BCUT2D eigenvalue weighted by molar-refractivity contribution is 7.90. The van der Waals surface area contributed by atoms with E-state index in [4.69, 9.17) is 0 Å². The summed E-state index contributed by atoms with van der Waals surface area (Å²) in [4.78, 5) is 0. The predicted molar refractivity (Wildman–Crippen MR) is 67.1 cm³/mol. The Morgan fingerprint density at radius 1 is 1.22 bits per heavy atom. The fraction of sp³-hybridized carbons (Fsp3) is 0.500. The van der Waals surface area contributed by atoms with E-state index in [-0.39, 0.29) is 11.8 Å². The van der Waals surface area contributed by atoms with Crippen LogP contribution in [-0.2, 0) is 9.84 Å². The second-order valence-corrected chi connectivity index (χ2v) is 6.58. The Labute approximate surface area is 106 Å². The first-order chi connectivity index (χ1) is 8.31. The lowest BCUT2D eigenvalue weighted by molar-refractivity contribution is 0.520. The third-order valence-electron chi connectivity index (χ3n) is 2.64. The minimum atomic E-state index is -3.00. The zero-order valence-electron chi connectivity index (χ0n) is 10.4. The van der Waals surface area contributed by atoms with E-state index in [2.05, 4.69) is 5.32 Å². The normalized spacial score (nSPS) is 13.6. The fourth-order valence-corrected chi connectivity index (χ4v) is 2.49. The molecule has 0 spiro atoms. The van der Waals surface area contributed by atoms with Crippen LogP contribution in [0.4, 0.5) is 8.78 Å². The SMILES string of the molecule is CNC(CCCS(C)(=O)=O)c1cc(F)cc(F)c1. The van der Waals surface area contributed by atoms with E-state index in [1.54, 1.807) is 7.05 Å². The van der Waals surface area contributed by atoms with Crippen molar-refractivity contribution in [3.63, 3.8) is 0 Å². The number of benzene rings is 1. The molecule has 0 amide bonds. The molecule has 0 radical (unpaired) electrons. The summed E-state index contributed by atoms with van der Waals surface area (Å²) < 4.78 is 48.2. The average molecular weight is 277 g/mol. The topological polar surface area (TPSA) is 46.2 Å². The van der Waals surface area contributed by atoms with E-state index in [0.717, 1.165) is 6.07 Å². The molecule has 0 aliphatic rings. The number of sulfone groups is 1. The van der Waals surface area contributed by atoms with Crippen molar-refractivity contribution in [2.24, 2.45) is 0 Å². The minimum absolute atomic E-state index is 0.0724. The van der Waals surface area contributed by atoms with Gasteiger partial charge in [0, 0.05) is 24.1 Å². The number of halogens is 2. The van der Waals surface area contributed by atoms with Gasteiger partial charge in [-0.1, -0.05) is 0 Å². The van der Waals surface area contributed by atoms with Gasteiger partial charge in [-0.25, -0.2) is 17.2 Å². The van der Waals surface area contributed by atoms with Crippen LogP contribution in [0.15, 0.2) is 18.2 Å². The van der Waals surface area contributed by atoms with E-state index in [1.807, 2.05) is 0 Å². The molecule has 1 N–H and O–H groups in total. The standard InChI is InChI=1S/C12H17F2NO2S/c1-15-12(4-3-5-18(2,16)17)9-6-10(13)8-11(14)7-9/h6-8,12,15H,3-5H2,1-2H3. The maximum Gasteiger partial charge on any atom is 0.147 e. The van der Waals surface area contributed by atoms with Gasteiger partial charge in [0.1, 0.15) is 21.5 Å². The second kappa shape index (κ2) is 6.24. The molecule has 0 aliphatic heterocycles. The van der Waals surface area contributed by atoms with Gasteiger partial charge in [0.25, 0.3) is 0 Å². The van der Waals surface area contributed by atoms with Crippen LogP contribution in [0, 0.1) is 11.6 Å². The third kappa shape index (κ3) is 5.10. The summed E-state index contributed by atoms with van der Waals surface area (Å²) in [6.07, 6.45) is 2.12. The van der Waals surface area contributed by atoms with Crippen LogP contribution in [0.2, 0.25) is 0 Å². The van der Waals surface area contributed by atoms with Crippen LogP contribution in [0.25, 0.3) is 0 Å². The van der Waals surface area contributed by atoms with Crippen molar-refractivity contribution in [3.8, 4) is 0 Å². The molecular formula is C12H17F2NO2S. The molecule has 1 rings (SSSR count). The van der Waals surface area contributed by atoms with Gasteiger partial charge < -0.3 is 5.32 Å². The van der Waals surface area contributed by atoms with Crippen molar-refractivity contribution in [1.82, 2.24) is 5.32 Å². The van der Waals surface area contributed by atoms with Gasteiger partial charge in [-0.2, -0.15) is 0 Å². The van der Waals surface area contributed by atoms with Crippen LogP contribution in [0.3, 0.4) is 0 Å². The molecule has 18 heavy (non-hydrogen) atoms. The maximum absolute atomic E-state index is 13.1. The molecular weight excluding hydrogens is 260 g/mol. The highest BCUT2D eigenvalue weighted by atomic mass is 32.2. The minimum Gasteiger partial charge on any atom is -0.313 e. The van der Waals surface area contributed by atoms with Crippen LogP contribution in [0.1, 0.15) is 24.4 Å². The van der Waals surface area contributed by atoms with Gasteiger partial charge in [-0.3, -0.25) is 0 Å². The van der Waals surface area contributed by atoms with Crippen molar-refractivity contribution in [2.45, 2.75) is 18.9 Å². The molecule has 0 aromatic heterocycles. The lowest BCUT2D eigenvalue weighted by atomic mass is 10.0. The van der Waals surface area contributed by atoms with E-state index >= 15 is 0 Å². The van der Waals surface area contributed by atoms with Crippen molar-refractivity contribution < 1.29 is 17.2 Å². The Hall–Kier alpha value is -1.01. The van der Waals surface area contributed by atoms with Crippen LogP contribution in [0.5, 0.6) is 0 Å². The first-order valence-corrected chi connectivity index (χ1v) is 7.69. The molecule has 0 fully saturated rings. The van der Waals surface area contributed by atoms with Crippen LogP contribution < -0.4 is 5.32 Å². The van der Waals surface area contributed by atoms with Crippen LogP contribution >= 0.6 is 0 Å². The van der Waals surface area contributed by atoms with E-state index < -0.39 is 21.5 Å². The van der Waals surface area contributed by atoms with Gasteiger partial charge in [-0.05, 0) is 37.6 Å². The highest BCUT2D eigenvalue weighted by Crippen LogP contribution is 2.20. The molecule has 1 aromatic carbocycles. The molecule has 1 atom stereocenters. The molecule has 6 heteroatoms. The van der Waals surface area contributed by atoms with E-state index in [1.165, 1.54) is 18.4 Å². The summed E-state index contributed by atoms with van der Waals surface area (Å²) in [6, 6.07) is 3.07. The molecule has 0 saturated carbocycles. The molecule has 1 aromatic rings.